The summed E-state index contributed by atoms with van der Waals surface area (Å²) in [5, 5.41) is 3.00. The molecule has 2 aromatic carbocycles. The van der Waals surface area contributed by atoms with Gasteiger partial charge >= 0.3 is 0 Å². The smallest absolute Gasteiger partial charge is 0.251 e. The molecule has 1 atom stereocenters. The monoisotopic (exact) mass is 372 g/mol. The van der Waals surface area contributed by atoms with Crippen LogP contribution in [0.3, 0.4) is 0 Å². The molecule has 0 fully saturated rings. The summed E-state index contributed by atoms with van der Waals surface area (Å²) in [4.78, 5) is 12.5. The molecule has 1 amide bonds. The van der Waals surface area contributed by atoms with Crippen molar-refractivity contribution in [1.29, 1.82) is 0 Å². The number of hydrogen-bond donors (Lipinski definition) is 2. The van der Waals surface area contributed by atoms with Crippen LogP contribution in [-0.4, -0.2) is 20.1 Å². The lowest BCUT2D eigenvalue weighted by atomic mass is 10.0. The molecule has 2 aromatic rings. The number of sulfonamides is 1. The van der Waals surface area contributed by atoms with Gasteiger partial charge in [-0.2, -0.15) is 0 Å². The van der Waals surface area contributed by atoms with Gasteiger partial charge in [0.05, 0.1) is 11.8 Å². The lowest BCUT2D eigenvalue weighted by Crippen LogP contribution is -2.26. The zero-order valence-corrected chi connectivity index (χ0v) is 15.9. The van der Waals surface area contributed by atoms with Gasteiger partial charge in [-0.3, -0.25) is 9.52 Å². The maximum Gasteiger partial charge on any atom is 0.251 e. The van der Waals surface area contributed by atoms with Crippen molar-refractivity contribution in [3.8, 4) is 0 Å². The zero-order chi connectivity index (χ0) is 18.7. The number of aryl methyl sites for hydroxylation is 2. The largest absolute Gasteiger partial charge is 0.346 e. The Kier molecular flexibility index (Phi) is 5.32. The van der Waals surface area contributed by atoms with Crippen LogP contribution < -0.4 is 10.0 Å². The molecule has 1 aliphatic carbocycles. The minimum atomic E-state index is -3.32. The van der Waals surface area contributed by atoms with E-state index in [9.17, 15) is 13.2 Å². The first-order valence-corrected chi connectivity index (χ1v) is 10.6. The summed E-state index contributed by atoms with van der Waals surface area (Å²) >= 11 is 0. The molecule has 138 valence electrons. The van der Waals surface area contributed by atoms with Gasteiger partial charge in [-0.05, 0) is 74.1 Å². The fraction of sp³-hybridized carbons (Fsp3) is 0.350. The molecule has 6 heteroatoms. The number of anilines is 1. The van der Waals surface area contributed by atoms with Crippen molar-refractivity contribution in [2.24, 2.45) is 0 Å². The molecule has 0 heterocycles. The maximum absolute atomic E-state index is 12.5. The zero-order valence-electron chi connectivity index (χ0n) is 15.1. The van der Waals surface area contributed by atoms with E-state index in [1.807, 2.05) is 6.92 Å². The van der Waals surface area contributed by atoms with Gasteiger partial charge < -0.3 is 5.32 Å². The van der Waals surface area contributed by atoms with E-state index in [-0.39, 0.29) is 17.7 Å². The highest BCUT2D eigenvalue weighted by atomic mass is 32.2. The molecule has 0 saturated carbocycles. The minimum Gasteiger partial charge on any atom is -0.346 e. The maximum atomic E-state index is 12.5. The first kappa shape index (κ1) is 18.5. The van der Waals surface area contributed by atoms with Crippen molar-refractivity contribution in [3.63, 3.8) is 0 Å². The Labute approximate surface area is 154 Å². The van der Waals surface area contributed by atoms with E-state index in [0.717, 1.165) is 18.4 Å². The third kappa shape index (κ3) is 4.25. The molecular formula is C20H24N2O3S. The van der Waals surface area contributed by atoms with Crippen molar-refractivity contribution in [1.82, 2.24) is 5.32 Å². The Bertz CT molecular complexity index is 905. The van der Waals surface area contributed by atoms with Crippen LogP contribution in [0.5, 0.6) is 0 Å². The third-order valence-electron chi connectivity index (χ3n) is 4.77. The number of carbonyl (C=O) groups excluding carboxylic acids is 1. The molecule has 1 aliphatic rings. The summed E-state index contributed by atoms with van der Waals surface area (Å²) in [5.74, 6) is -0.170. The van der Waals surface area contributed by atoms with Gasteiger partial charge in [0.25, 0.3) is 5.91 Å². The average Bonchev–Trinajstić information content (AvgIpc) is 3.09. The molecule has 0 aliphatic heterocycles. The highest BCUT2D eigenvalue weighted by Crippen LogP contribution is 2.25. The Morgan fingerprint density at radius 2 is 1.77 bits per heavy atom. The highest BCUT2D eigenvalue weighted by Gasteiger charge is 2.16. The molecule has 0 radical (unpaired) electrons. The fourth-order valence-electron chi connectivity index (χ4n) is 3.17. The quantitative estimate of drug-likeness (QED) is 0.816. The summed E-state index contributed by atoms with van der Waals surface area (Å²) in [6, 6.07) is 12.8. The summed E-state index contributed by atoms with van der Waals surface area (Å²) in [6.45, 7) is 3.54. The van der Waals surface area contributed by atoms with Gasteiger partial charge in [-0.15, -0.1) is 0 Å². The fourth-order valence-corrected chi connectivity index (χ4v) is 3.81. The molecule has 0 saturated heterocycles. The molecular weight excluding hydrogens is 348 g/mol. The van der Waals surface area contributed by atoms with E-state index in [4.69, 9.17) is 0 Å². The van der Waals surface area contributed by atoms with Crippen molar-refractivity contribution < 1.29 is 13.2 Å². The molecule has 26 heavy (non-hydrogen) atoms. The molecule has 3 rings (SSSR count). The molecule has 5 nitrogen and oxygen atoms in total. The summed E-state index contributed by atoms with van der Waals surface area (Å²) in [6.07, 6.45) is 3.46. The van der Waals surface area contributed by atoms with Crippen LogP contribution in [0.1, 0.15) is 53.4 Å². The van der Waals surface area contributed by atoms with Crippen LogP contribution >= 0.6 is 0 Å². The Morgan fingerprint density at radius 1 is 1.08 bits per heavy atom. The highest BCUT2D eigenvalue weighted by molar-refractivity contribution is 7.92. The van der Waals surface area contributed by atoms with E-state index in [0.29, 0.717) is 11.3 Å². The topological polar surface area (TPSA) is 75.3 Å². The van der Waals surface area contributed by atoms with E-state index < -0.39 is 10.0 Å². The van der Waals surface area contributed by atoms with Gasteiger partial charge in [0.2, 0.25) is 10.0 Å². The standard InChI is InChI=1S/C20H24N2O3S/c1-3-26(24,25)22-19-11-9-16(10-12-19)20(23)21-14(2)17-8-7-15-5-4-6-18(15)13-17/h7-14,22H,3-6H2,1-2H3,(H,21,23). The molecule has 1 unspecified atom stereocenters. The number of hydrogen-bond acceptors (Lipinski definition) is 3. The number of amides is 1. The Morgan fingerprint density at radius 3 is 2.46 bits per heavy atom. The number of fused-ring (bicyclic) bond motifs is 1. The van der Waals surface area contributed by atoms with E-state index >= 15 is 0 Å². The number of nitrogens with one attached hydrogen (secondary N) is 2. The SMILES string of the molecule is CCS(=O)(=O)Nc1ccc(C(=O)NC(C)c2ccc3c(c2)CCC3)cc1. The summed E-state index contributed by atoms with van der Waals surface area (Å²) in [5.41, 5.74) is 4.85. The molecule has 2 N–H and O–H groups in total. The van der Waals surface area contributed by atoms with Gasteiger partial charge in [-0.25, -0.2) is 8.42 Å². The van der Waals surface area contributed by atoms with Crippen molar-refractivity contribution in [2.75, 3.05) is 10.5 Å². The normalized spacial score (nSPS) is 14.5. The number of carbonyl (C=O) groups is 1. The lowest BCUT2D eigenvalue weighted by molar-refractivity contribution is 0.0940. The van der Waals surface area contributed by atoms with Crippen LogP contribution in [0.2, 0.25) is 0 Å². The molecule has 0 bridgehead atoms. The van der Waals surface area contributed by atoms with Crippen molar-refractivity contribution in [2.45, 2.75) is 39.2 Å². The minimum absolute atomic E-state index is 0.00747. The predicted molar refractivity (Wildman–Crippen MR) is 104 cm³/mol. The lowest BCUT2D eigenvalue weighted by Gasteiger charge is -2.16. The third-order valence-corrected chi connectivity index (χ3v) is 6.08. The van der Waals surface area contributed by atoms with Crippen molar-refractivity contribution >= 4 is 21.6 Å². The second kappa shape index (κ2) is 7.50. The van der Waals surface area contributed by atoms with Crippen LogP contribution in [0.15, 0.2) is 42.5 Å². The van der Waals surface area contributed by atoms with Crippen LogP contribution in [0.4, 0.5) is 5.69 Å². The first-order chi connectivity index (χ1) is 12.4. The molecule has 0 spiro atoms. The van der Waals surface area contributed by atoms with Gasteiger partial charge in [0.1, 0.15) is 0 Å². The van der Waals surface area contributed by atoms with Gasteiger partial charge in [0, 0.05) is 11.3 Å². The average molecular weight is 372 g/mol. The van der Waals surface area contributed by atoms with Crippen LogP contribution in [0.25, 0.3) is 0 Å². The Balaban J connectivity index is 1.66. The number of benzene rings is 2. The van der Waals surface area contributed by atoms with E-state index in [1.54, 1.807) is 31.2 Å². The summed E-state index contributed by atoms with van der Waals surface area (Å²) in [7, 11) is -3.32. The number of rotatable bonds is 6. The van der Waals surface area contributed by atoms with Gasteiger partial charge in [0.15, 0.2) is 0 Å². The second-order valence-corrected chi connectivity index (χ2v) is 8.67. The first-order valence-electron chi connectivity index (χ1n) is 8.91. The van der Waals surface area contributed by atoms with E-state index in [2.05, 4.69) is 28.2 Å². The molecule has 0 aromatic heterocycles. The Hall–Kier alpha value is -2.34. The van der Waals surface area contributed by atoms with E-state index in [1.165, 1.54) is 17.5 Å². The predicted octanol–water partition coefficient (Wildman–Crippen LogP) is 3.43. The van der Waals surface area contributed by atoms with Crippen molar-refractivity contribution in [3.05, 3.63) is 64.7 Å². The summed E-state index contributed by atoms with van der Waals surface area (Å²) < 4.78 is 25.6. The van der Waals surface area contributed by atoms with Crippen LogP contribution in [0, 0.1) is 0 Å². The van der Waals surface area contributed by atoms with Crippen LogP contribution in [-0.2, 0) is 22.9 Å². The second-order valence-electron chi connectivity index (χ2n) is 6.66. The van der Waals surface area contributed by atoms with Gasteiger partial charge in [-0.1, -0.05) is 18.2 Å².